The lowest BCUT2D eigenvalue weighted by atomic mass is 10.0. The molecule has 1 aromatic heterocycles. The summed E-state index contributed by atoms with van der Waals surface area (Å²) in [7, 11) is 0. The molecule has 0 spiro atoms. The Labute approximate surface area is 130 Å². The summed E-state index contributed by atoms with van der Waals surface area (Å²) in [5, 5.41) is 12.2. The standard InChI is InChI=1S/C16H11BrClNO/c17-14-9-12(18)5-6-13(14)16(20)11-4-3-10-2-1-7-19-15(10)8-11/h1-9,16,20H. The first-order valence-electron chi connectivity index (χ1n) is 6.13. The van der Waals surface area contributed by atoms with Gasteiger partial charge in [-0.15, -0.1) is 0 Å². The second-order valence-corrected chi connectivity index (χ2v) is 5.81. The number of aliphatic hydroxyl groups is 1. The molecule has 0 bridgehead atoms. The zero-order chi connectivity index (χ0) is 14.1. The van der Waals surface area contributed by atoms with Crippen LogP contribution in [-0.2, 0) is 0 Å². The number of halogens is 2. The molecule has 3 aromatic rings. The molecule has 0 aliphatic heterocycles. The Morgan fingerprint density at radius 2 is 1.95 bits per heavy atom. The lowest BCUT2D eigenvalue weighted by molar-refractivity contribution is 0.219. The fourth-order valence-electron chi connectivity index (χ4n) is 2.16. The van der Waals surface area contributed by atoms with E-state index < -0.39 is 6.10 Å². The fourth-order valence-corrected chi connectivity index (χ4v) is 3.06. The minimum Gasteiger partial charge on any atom is -0.384 e. The number of hydrogen-bond acceptors (Lipinski definition) is 2. The zero-order valence-corrected chi connectivity index (χ0v) is 12.8. The molecule has 2 aromatic carbocycles. The lowest BCUT2D eigenvalue weighted by Crippen LogP contribution is -2.00. The molecule has 0 aliphatic rings. The number of aliphatic hydroxyl groups excluding tert-OH is 1. The fraction of sp³-hybridized carbons (Fsp3) is 0.0625. The van der Waals surface area contributed by atoms with Crippen molar-refractivity contribution in [1.82, 2.24) is 4.98 Å². The first-order chi connectivity index (χ1) is 9.65. The van der Waals surface area contributed by atoms with E-state index in [1.807, 2.05) is 36.4 Å². The van der Waals surface area contributed by atoms with Crippen molar-refractivity contribution in [2.24, 2.45) is 0 Å². The number of benzene rings is 2. The summed E-state index contributed by atoms with van der Waals surface area (Å²) in [6.45, 7) is 0. The average molecular weight is 349 g/mol. The van der Waals surface area contributed by atoms with Gasteiger partial charge in [0.15, 0.2) is 0 Å². The number of nitrogens with zero attached hydrogens (tertiary/aromatic N) is 1. The predicted octanol–water partition coefficient (Wildman–Crippen LogP) is 4.73. The van der Waals surface area contributed by atoms with E-state index in [-0.39, 0.29) is 0 Å². The van der Waals surface area contributed by atoms with Crippen LogP contribution in [0.15, 0.2) is 59.2 Å². The number of aromatic nitrogens is 1. The molecule has 0 amide bonds. The summed E-state index contributed by atoms with van der Waals surface area (Å²) in [6.07, 6.45) is 1.03. The Kier molecular flexibility index (Phi) is 3.74. The molecular formula is C16H11BrClNO. The van der Waals surface area contributed by atoms with Gasteiger partial charge in [-0.25, -0.2) is 0 Å². The smallest absolute Gasteiger partial charge is 0.105 e. The summed E-state index contributed by atoms with van der Waals surface area (Å²) in [4.78, 5) is 4.31. The molecule has 0 radical (unpaired) electrons. The summed E-state index contributed by atoms with van der Waals surface area (Å²) < 4.78 is 0.790. The molecule has 0 fully saturated rings. The highest BCUT2D eigenvalue weighted by Gasteiger charge is 2.14. The van der Waals surface area contributed by atoms with Crippen molar-refractivity contribution >= 4 is 38.4 Å². The van der Waals surface area contributed by atoms with Crippen molar-refractivity contribution in [3.05, 3.63) is 75.4 Å². The predicted molar refractivity (Wildman–Crippen MR) is 85.0 cm³/mol. The summed E-state index contributed by atoms with van der Waals surface area (Å²) in [5.41, 5.74) is 2.46. The first-order valence-corrected chi connectivity index (χ1v) is 7.30. The monoisotopic (exact) mass is 347 g/mol. The maximum atomic E-state index is 10.5. The maximum absolute atomic E-state index is 10.5. The summed E-state index contributed by atoms with van der Waals surface area (Å²) in [5.74, 6) is 0. The van der Waals surface area contributed by atoms with Crippen LogP contribution in [0.1, 0.15) is 17.2 Å². The van der Waals surface area contributed by atoms with Crippen LogP contribution in [0.25, 0.3) is 10.9 Å². The van der Waals surface area contributed by atoms with Gasteiger partial charge in [0.1, 0.15) is 6.10 Å². The minimum absolute atomic E-state index is 0.632. The molecule has 1 unspecified atom stereocenters. The molecule has 0 saturated heterocycles. The van der Waals surface area contributed by atoms with Gasteiger partial charge in [-0.2, -0.15) is 0 Å². The van der Waals surface area contributed by atoms with Crippen LogP contribution in [-0.4, -0.2) is 10.1 Å². The average Bonchev–Trinajstić information content (AvgIpc) is 2.46. The highest BCUT2D eigenvalue weighted by molar-refractivity contribution is 9.10. The number of rotatable bonds is 2. The van der Waals surface area contributed by atoms with E-state index in [0.29, 0.717) is 5.02 Å². The van der Waals surface area contributed by atoms with Crippen LogP contribution in [0.3, 0.4) is 0 Å². The van der Waals surface area contributed by atoms with Crippen LogP contribution in [0.4, 0.5) is 0 Å². The van der Waals surface area contributed by atoms with Gasteiger partial charge in [-0.05, 0) is 35.4 Å². The van der Waals surface area contributed by atoms with Crippen molar-refractivity contribution in [2.75, 3.05) is 0 Å². The molecule has 20 heavy (non-hydrogen) atoms. The third kappa shape index (κ3) is 2.57. The number of fused-ring (bicyclic) bond motifs is 1. The highest BCUT2D eigenvalue weighted by atomic mass is 79.9. The minimum atomic E-state index is -0.715. The molecule has 100 valence electrons. The zero-order valence-electron chi connectivity index (χ0n) is 10.4. The number of pyridine rings is 1. The van der Waals surface area contributed by atoms with E-state index >= 15 is 0 Å². The van der Waals surface area contributed by atoms with Crippen LogP contribution in [0.5, 0.6) is 0 Å². The second-order valence-electron chi connectivity index (χ2n) is 4.52. The SMILES string of the molecule is OC(c1ccc2cccnc2c1)c1ccc(Cl)cc1Br. The Morgan fingerprint density at radius 3 is 2.75 bits per heavy atom. The van der Waals surface area contributed by atoms with Gasteiger partial charge in [0, 0.05) is 21.1 Å². The van der Waals surface area contributed by atoms with E-state index in [9.17, 15) is 5.11 Å². The molecule has 1 atom stereocenters. The quantitative estimate of drug-likeness (QED) is 0.726. The van der Waals surface area contributed by atoms with Gasteiger partial charge >= 0.3 is 0 Å². The van der Waals surface area contributed by atoms with E-state index in [2.05, 4.69) is 20.9 Å². The van der Waals surface area contributed by atoms with Gasteiger partial charge in [0.25, 0.3) is 0 Å². The van der Waals surface area contributed by atoms with Crippen LogP contribution < -0.4 is 0 Å². The summed E-state index contributed by atoms with van der Waals surface area (Å²) >= 11 is 9.36. The van der Waals surface area contributed by atoms with Crippen molar-refractivity contribution < 1.29 is 5.11 Å². The molecule has 1 N–H and O–H groups in total. The van der Waals surface area contributed by atoms with E-state index in [1.54, 1.807) is 18.3 Å². The van der Waals surface area contributed by atoms with Crippen molar-refractivity contribution in [2.45, 2.75) is 6.10 Å². The molecule has 4 heteroatoms. The van der Waals surface area contributed by atoms with Crippen LogP contribution in [0.2, 0.25) is 5.02 Å². The Morgan fingerprint density at radius 1 is 1.10 bits per heavy atom. The molecule has 0 saturated carbocycles. The highest BCUT2D eigenvalue weighted by Crippen LogP contribution is 2.31. The van der Waals surface area contributed by atoms with Gasteiger partial charge in [0.2, 0.25) is 0 Å². The molecule has 3 rings (SSSR count). The topological polar surface area (TPSA) is 33.1 Å². The maximum Gasteiger partial charge on any atom is 0.105 e. The normalized spacial score (nSPS) is 12.6. The van der Waals surface area contributed by atoms with Crippen LogP contribution in [0, 0.1) is 0 Å². The molecule has 0 aliphatic carbocycles. The van der Waals surface area contributed by atoms with Crippen molar-refractivity contribution in [1.29, 1.82) is 0 Å². The van der Waals surface area contributed by atoms with E-state index in [0.717, 1.165) is 26.5 Å². The van der Waals surface area contributed by atoms with Crippen molar-refractivity contribution in [3.63, 3.8) is 0 Å². The van der Waals surface area contributed by atoms with E-state index in [4.69, 9.17) is 11.6 Å². The second kappa shape index (κ2) is 5.52. The molecule has 1 heterocycles. The van der Waals surface area contributed by atoms with Crippen LogP contribution >= 0.6 is 27.5 Å². The van der Waals surface area contributed by atoms with E-state index in [1.165, 1.54) is 0 Å². The third-order valence-corrected chi connectivity index (χ3v) is 4.12. The Bertz CT molecular complexity index is 775. The van der Waals surface area contributed by atoms with Gasteiger partial charge in [-0.1, -0.05) is 51.8 Å². The van der Waals surface area contributed by atoms with Gasteiger partial charge < -0.3 is 5.11 Å². The molecule has 2 nitrogen and oxygen atoms in total. The Hall–Kier alpha value is -1.42. The third-order valence-electron chi connectivity index (χ3n) is 3.20. The lowest BCUT2D eigenvalue weighted by Gasteiger charge is -2.14. The van der Waals surface area contributed by atoms with Crippen molar-refractivity contribution in [3.8, 4) is 0 Å². The van der Waals surface area contributed by atoms with Gasteiger partial charge in [-0.3, -0.25) is 4.98 Å². The molecular weight excluding hydrogens is 338 g/mol. The number of hydrogen-bond donors (Lipinski definition) is 1. The largest absolute Gasteiger partial charge is 0.384 e. The summed E-state index contributed by atoms with van der Waals surface area (Å²) in [6, 6.07) is 15.0. The first kappa shape index (κ1) is 13.6. The van der Waals surface area contributed by atoms with Gasteiger partial charge in [0.05, 0.1) is 5.52 Å². The Balaban J connectivity index is 2.05.